The zero-order valence-corrected chi connectivity index (χ0v) is 22.2. The first kappa shape index (κ1) is 27.7. The molecular weight excluding hydrogens is 517 g/mol. The molecular formula is C24H36IN5O2. The van der Waals surface area contributed by atoms with Gasteiger partial charge in [-0.25, -0.2) is 0 Å². The number of methoxy groups -OCH3 is 1. The van der Waals surface area contributed by atoms with Crippen LogP contribution >= 0.6 is 24.0 Å². The van der Waals surface area contributed by atoms with Crippen molar-refractivity contribution >= 4 is 35.8 Å². The fourth-order valence-electron chi connectivity index (χ4n) is 3.28. The number of rotatable bonds is 9. The average molecular weight is 553 g/mol. The van der Waals surface area contributed by atoms with Gasteiger partial charge in [-0.3, -0.25) is 9.79 Å². The monoisotopic (exact) mass is 553 g/mol. The molecule has 7 nitrogen and oxygen atoms in total. The lowest BCUT2D eigenvalue weighted by atomic mass is 10.1. The van der Waals surface area contributed by atoms with E-state index in [1.807, 2.05) is 36.4 Å². The number of carbonyl (C=O) groups excluding carboxylic acids is 1. The van der Waals surface area contributed by atoms with E-state index in [-0.39, 0.29) is 35.9 Å². The zero-order chi connectivity index (χ0) is 22.8. The number of ether oxygens (including phenoxy) is 1. The molecule has 1 amide bonds. The Hall–Kier alpha value is -2.33. The van der Waals surface area contributed by atoms with Gasteiger partial charge in [-0.1, -0.05) is 24.3 Å². The number of hydrogen-bond donors (Lipinski definition) is 2. The molecule has 0 saturated carbocycles. The van der Waals surface area contributed by atoms with Gasteiger partial charge < -0.3 is 25.2 Å². The fourth-order valence-corrected chi connectivity index (χ4v) is 3.28. The normalized spacial score (nSPS) is 12.0. The van der Waals surface area contributed by atoms with Gasteiger partial charge in [-0.15, -0.1) is 24.0 Å². The van der Waals surface area contributed by atoms with E-state index in [4.69, 9.17) is 4.74 Å². The molecule has 0 aliphatic heterocycles. The van der Waals surface area contributed by atoms with Gasteiger partial charge in [0.25, 0.3) is 5.91 Å². The van der Waals surface area contributed by atoms with E-state index in [0.717, 1.165) is 23.7 Å². The molecule has 176 valence electrons. The molecule has 0 aliphatic rings. The molecule has 0 saturated heterocycles. The van der Waals surface area contributed by atoms with Crippen LogP contribution in [-0.4, -0.2) is 77.1 Å². The van der Waals surface area contributed by atoms with Crippen LogP contribution in [0, 0.1) is 0 Å². The number of hydrogen-bond acceptors (Lipinski definition) is 4. The summed E-state index contributed by atoms with van der Waals surface area (Å²) in [5.41, 5.74) is 3.02. The van der Waals surface area contributed by atoms with Crippen LogP contribution in [0.25, 0.3) is 0 Å². The van der Waals surface area contributed by atoms with E-state index in [9.17, 15) is 4.79 Å². The lowest BCUT2D eigenvalue weighted by Gasteiger charge is -2.26. The molecule has 0 fully saturated rings. The average Bonchev–Trinajstić information content (AvgIpc) is 2.77. The third kappa shape index (κ3) is 8.31. The third-order valence-electron chi connectivity index (χ3n) is 5.10. The molecule has 0 radical (unpaired) electrons. The summed E-state index contributed by atoms with van der Waals surface area (Å²) in [6.07, 6.45) is 0.796. The summed E-state index contributed by atoms with van der Waals surface area (Å²) in [5, 5.41) is 6.77. The van der Waals surface area contributed by atoms with Crippen LogP contribution in [0.3, 0.4) is 0 Å². The predicted molar refractivity (Wildman–Crippen MR) is 142 cm³/mol. The highest BCUT2D eigenvalue weighted by molar-refractivity contribution is 14.0. The van der Waals surface area contributed by atoms with Gasteiger partial charge in [-0.05, 0) is 55.9 Å². The van der Waals surface area contributed by atoms with Crippen LogP contribution in [0.4, 0.5) is 0 Å². The lowest BCUT2D eigenvalue weighted by molar-refractivity contribution is 0.0827. The maximum absolute atomic E-state index is 12.2. The first-order valence-corrected chi connectivity index (χ1v) is 10.4. The van der Waals surface area contributed by atoms with Crippen molar-refractivity contribution in [3.63, 3.8) is 0 Å². The maximum atomic E-state index is 12.2. The number of nitrogens with zero attached hydrogens (tertiary/aromatic N) is 3. The fraction of sp³-hybridized carbons (Fsp3) is 0.417. The number of guanidine groups is 1. The van der Waals surface area contributed by atoms with Crippen molar-refractivity contribution in [3.05, 3.63) is 65.2 Å². The highest BCUT2D eigenvalue weighted by Gasteiger charge is 2.15. The number of aliphatic imine (C=N–C) groups is 1. The lowest BCUT2D eigenvalue weighted by Crippen LogP contribution is -2.42. The minimum atomic E-state index is 0. The van der Waals surface area contributed by atoms with Crippen molar-refractivity contribution in [2.75, 3.05) is 55.4 Å². The van der Waals surface area contributed by atoms with E-state index in [2.05, 4.69) is 46.8 Å². The highest BCUT2D eigenvalue weighted by Crippen LogP contribution is 2.20. The molecule has 0 aliphatic carbocycles. The number of carbonyl (C=O) groups is 1. The maximum Gasteiger partial charge on any atom is 0.253 e. The molecule has 2 aromatic rings. The molecule has 0 spiro atoms. The van der Waals surface area contributed by atoms with Gasteiger partial charge in [0.1, 0.15) is 5.75 Å². The van der Waals surface area contributed by atoms with Gasteiger partial charge in [0.2, 0.25) is 0 Å². The molecule has 0 aromatic heterocycles. The second kappa shape index (κ2) is 13.9. The Balaban J connectivity index is 0.00000512. The van der Waals surface area contributed by atoms with Crippen LogP contribution in [0.5, 0.6) is 5.75 Å². The number of halogens is 1. The SMILES string of the molecule is CN=C(NCCc1cccc(C(=O)N(C)C)c1)NCC(c1ccc(OC)cc1)N(C)C.I. The summed E-state index contributed by atoms with van der Waals surface area (Å²) in [6.45, 7) is 1.43. The summed E-state index contributed by atoms with van der Waals surface area (Å²) >= 11 is 0. The minimum Gasteiger partial charge on any atom is -0.497 e. The van der Waals surface area contributed by atoms with Crippen molar-refractivity contribution in [3.8, 4) is 5.75 Å². The Labute approximate surface area is 209 Å². The minimum absolute atomic E-state index is 0. The first-order valence-electron chi connectivity index (χ1n) is 10.4. The van der Waals surface area contributed by atoms with Crippen molar-refractivity contribution in [1.29, 1.82) is 0 Å². The van der Waals surface area contributed by atoms with Crippen LogP contribution in [0.15, 0.2) is 53.5 Å². The summed E-state index contributed by atoms with van der Waals surface area (Å²) in [4.78, 5) is 20.3. The number of amides is 1. The van der Waals surface area contributed by atoms with Crippen LogP contribution < -0.4 is 15.4 Å². The smallest absolute Gasteiger partial charge is 0.253 e. The number of benzene rings is 2. The highest BCUT2D eigenvalue weighted by atomic mass is 127. The Morgan fingerprint density at radius 3 is 2.31 bits per heavy atom. The molecule has 2 aromatic carbocycles. The summed E-state index contributed by atoms with van der Waals surface area (Å²) in [7, 11) is 11.1. The summed E-state index contributed by atoms with van der Waals surface area (Å²) in [5.74, 6) is 1.62. The first-order chi connectivity index (χ1) is 14.8. The number of nitrogens with one attached hydrogen (secondary N) is 2. The zero-order valence-electron chi connectivity index (χ0n) is 19.9. The Bertz CT molecular complexity index is 869. The van der Waals surface area contributed by atoms with Gasteiger partial charge in [-0.2, -0.15) is 0 Å². The molecule has 2 N–H and O–H groups in total. The van der Waals surface area contributed by atoms with Gasteiger partial charge >= 0.3 is 0 Å². The summed E-state index contributed by atoms with van der Waals surface area (Å²) < 4.78 is 5.26. The second-order valence-electron chi connectivity index (χ2n) is 7.78. The molecule has 1 unspecified atom stereocenters. The van der Waals surface area contributed by atoms with Crippen molar-refractivity contribution in [1.82, 2.24) is 20.4 Å². The van der Waals surface area contributed by atoms with E-state index < -0.39 is 0 Å². The molecule has 0 bridgehead atoms. The third-order valence-corrected chi connectivity index (χ3v) is 5.10. The van der Waals surface area contributed by atoms with Gasteiger partial charge in [0.05, 0.1) is 13.2 Å². The standard InChI is InChI=1S/C24H35N5O2.HI/c1-25-24(26-15-14-18-8-7-9-20(16-18)23(30)29(4)5)27-17-22(28(2)3)19-10-12-21(31-6)13-11-19;/h7-13,16,22H,14-15,17H2,1-6H3,(H2,25,26,27);1H. The van der Waals surface area contributed by atoms with Crippen molar-refractivity contribution in [2.45, 2.75) is 12.5 Å². The quantitative estimate of drug-likeness (QED) is 0.284. The molecule has 2 rings (SSSR count). The van der Waals surface area contributed by atoms with E-state index in [0.29, 0.717) is 18.7 Å². The Kier molecular flexibility index (Phi) is 12.1. The van der Waals surface area contributed by atoms with Crippen molar-refractivity contribution < 1.29 is 9.53 Å². The molecule has 0 heterocycles. The predicted octanol–water partition coefficient (Wildman–Crippen LogP) is 3.03. The van der Waals surface area contributed by atoms with Gasteiger partial charge in [0, 0.05) is 39.8 Å². The Morgan fingerprint density at radius 2 is 1.75 bits per heavy atom. The molecule has 1 atom stereocenters. The molecule has 8 heteroatoms. The number of likely N-dealkylation sites (N-methyl/N-ethyl adjacent to an activating group) is 1. The van der Waals surface area contributed by atoms with Crippen LogP contribution in [-0.2, 0) is 6.42 Å². The van der Waals surface area contributed by atoms with Crippen LogP contribution in [0.2, 0.25) is 0 Å². The van der Waals surface area contributed by atoms with Crippen LogP contribution in [0.1, 0.15) is 27.5 Å². The second-order valence-corrected chi connectivity index (χ2v) is 7.78. The molecule has 32 heavy (non-hydrogen) atoms. The van der Waals surface area contributed by atoms with E-state index in [1.54, 1.807) is 33.2 Å². The van der Waals surface area contributed by atoms with Gasteiger partial charge in [0.15, 0.2) is 5.96 Å². The summed E-state index contributed by atoms with van der Waals surface area (Å²) in [6, 6.07) is 16.1. The van der Waals surface area contributed by atoms with E-state index >= 15 is 0 Å². The van der Waals surface area contributed by atoms with E-state index in [1.165, 1.54) is 5.56 Å². The van der Waals surface area contributed by atoms with Crippen molar-refractivity contribution in [2.24, 2.45) is 4.99 Å². The topological polar surface area (TPSA) is 69.2 Å². The largest absolute Gasteiger partial charge is 0.497 e. The Morgan fingerprint density at radius 1 is 1.06 bits per heavy atom.